The minimum absolute atomic E-state index is 0.332. The quantitative estimate of drug-likeness (QED) is 0.363. The zero-order valence-corrected chi connectivity index (χ0v) is 16.2. The molecule has 0 atom stereocenters. The normalized spacial score (nSPS) is 9.87. The molecule has 0 radical (unpaired) electrons. The molecular formula is C23H16N8. The van der Waals surface area contributed by atoms with Gasteiger partial charge in [-0.2, -0.15) is 20.2 Å². The van der Waals surface area contributed by atoms with Crippen LogP contribution in [0.15, 0.2) is 78.9 Å². The van der Waals surface area contributed by atoms with E-state index in [1.165, 1.54) is 0 Å². The average molecular weight is 404 g/mol. The fourth-order valence-electron chi connectivity index (χ4n) is 2.70. The Bertz CT molecular complexity index is 1180. The topological polar surface area (TPSA) is 103 Å². The number of para-hydroxylation sites is 1. The maximum atomic E-state index is 8.97. The van der Waals surface area contributed by atoms with Crippen molar-refractivity contribution in [1.82, 2.24) is 15.0 Å². The molecule has 8 nitrogen and oxygen atoms in total. The van der Waals surface area contributed by atoms with Gasteiger partial charge in [-0.1, -0.05) is 30.3 Å². The fourth-order valence-corrected chi connectivity index (χ4v) is 2.70. The van der Waals surface area contributed by atoms with Gasteiger partial charge in [-0.15, -0.1) is 0 Å². The van der Waals surface area contributed by atoms with Crippen LogP contribution in [0.2, 0.25) is 0 Å². The summed E-state index contributed by atoms with van der Waals surface area (Å²) in [5.74, 6) is 1.02. The molecule has 0 amide bonds. The summed E-state index contributed by atoms with van der Waals surface area (Å²) in [6.45, 7) is 7.07. The first kappa shape index (κ1) is 19.4. The van der Waals surface area contributed by atoms with Crippen LogP contribution >= 0.6 is 0 Å². The number of aromatic nitrogens is 3. The van der Waals surface area contributed by atoms with Crippen molar-refractivity contribution in [2.24, 2.45) is 0 Å². The zero-order chi connectivity index (χ0) is 21.5. The van der Waals surface area contributed by atoms with Crippen LogP contribution in [0, 0.1) is 17.9 Å². The van der Waals surface area contributed by atoms with Crippen molar-refractivity contribution in [3.63, 3.8) is 0 Å². The second-order valence-electron chi connectivity index (χ2n) is 6.40. The Morgan fingerprint density at radius 1 is 0.645 bits per heavy atom. The summed E-state index contributed by atoms with van der Waals surface area (Å²) in [4.78, 5) is 16.7. The number of nitriles is 1. The van der Waals surface area contributed by atoms with Gasteiger partial charge in [0, 0.05) is 17.1 Å². The lowest BCUT2D eigenvalue weighted by Gasteiger charge is -2.11. The van der Waals surface area contributed by atoms with Gasteiger partial charge in [0.05, 0.1) is 18.2 Å². The standard InChI is InChI=1S/C23H16N8/c1-25-17-11-13-20(14-12-17)28-23-30-21(26-18-5-3-2-4-6-18)29-22(31-23)27-19-9-7-16(15-24)8-10-19/h2-14H,(H3,26,27,28,29,30,31). The van der Waals surface area contributed by atoms with Gasteiger partial charge < -0.3 is 16.0 Å². The smallest absolute Gasteiger partial charge is 0.233 e. The molecule has 0 aliphatic heterocycles. The summed E-state index contributed by atoms with van der Waals surface area (Å²) in [6.07, 6.45) is 0. The van der Waals surface area contributed by atoms with Crippen molar-refractivity contribution in [2.75, 3.05) is 16.0 Å². The molecule has 1 heterocycles. The van der Waals surface area contributed by atoms with E-state index in [-0.39, 0.29) is 0 Å². The van der Waals surface area contributed by atoms with Crippen molar-refractivity contribution in [1.29, 1.82) is 5.26 Å². The highest BCUT2D eigenvalue weighted by molar-refractivity contribution is 5.63. The molecule has 0 saturated heterocycles. The Hall–Kier alpha value is -4.95. The average Bonchev–Trinajstić information content (AvgIpc) is 2.81. The van der Waals surface area contributed by atoms with E-state index in [0.29, 0.717) is 29.1 Å². The van der Waals surface area contributed by atoms with E-state index in [1.54, 1.807) is 48.5 Å². The molecule has 4 rings (SSSR count). The first-order valence-electron chi connectivity index (χ1n) is 9.32. The molecule has 31 heavy (non-hydrogen) atoms. The molecule has 8 heteroatoms. The van der Waals surface area contributed by atoms with E-state index in [1.807, 2.05) is 30.3 Å². The molecule has 4 aromatic rings. The van der Waals surface area contributed by atoms with Crippen LogP contribution in [0.1, 0.15) is 5.56 Å². The summed E-state index contributed by atoms with van der Waals surface area (Å²) >= 11 is 0. The molecule has 0 saturated carbocycles. The number of nitrogens with zero attached hydrogens (tertiary/aromatic N) is 5. The van der Waals surface area contributed by atoms with Crippen LogP contribution in [-0.2, 0) is 0 Å². The third-order valence-corrected chi connectivity index (χ3v) is 4.19. The van der Waals surface area contributed by atoms with Crippen LogP contribution in [-0.4, -0.2) is 15.0 Å². The monoisotopic (exact) mass is 404 g/mol. The number of hydrogen-bond acceptors (Lipinski definition) is 7. The SMILES string of the molecule is [C-]#[N+]c1ccc(Nc2nc(Nc3ccccc3)nc(Nc3ccc(C#N)cc3)n2)cc1. The van der Waals surface area contributed by atoms with Crippen LogP contribution in [0.25, 0.3) is 4.85 Å². The third kappa shape index (κ3) is 5.11. The highest BCUT2D eigenvalue weighted by Gasteiger charge is 2.09. The number of nitrogens with one attached hydrogen (secondary N) is 3. The number of anilines is 6. The maximum absolute atomic E-state index is 8.97. The van der Waals surface area contributed by atoms with E-state index < -0.39 is 0 Å². The van der Waals surface area contributed by atoms with Crippen LogP contribution < -0.4 is 16.0 Å². The van der Waals surface area contributed by atoms with Crippen molar-refractivity contribution < 1.29 is 0 Å². The molecule has 1 aromatic heterocycles. The van der Waals surface area contributed by atoms with Gasteiger partial charge in [-0.25, -0.2) is 4.85 Å². The highest BCUT2D eigenvalue weighted by Crippen LogP contribution is 2.22. The minimum Gasteiger partial charge on any atom is -0.324 e. The van der Waals surface area contributed by atoms with E-state index in [2.05, 4.69) is 41.8 Å². The van der Waals surface area contributed by atoms with Gasteiger partial charge in [-0.05, 0) is 48.5 Å². The summed E-state index contributed by atoms with van der Waals surface area (Å²) in [5.41, 5.74) is 3.44. The third-order valence-electron chi connectivity index (χ3n) is 4.19. The molecule has 0 bridgehead atoms. The maximum Gasteiger partial charge on any atom is 0.233 e. The summed E-state index contributed by atoms with van der Waals surface area (Å²) in [7, 11) is 0. The first-order valence-corrected chi connectivity index (χ1v) is 9.32. The molecule has 3 N–H and O–H groups in total. The van der Waals surface area contributed by atoms with Gasteiger partial charge in [0.2, 0.25) is 17.8 Å². The van der Waals surface area contributed by atoms with Crippen molar-refractivity contribution in [3.05, 3.63) is 95.8 Å². The molecule has 0 unspecified atom stereocenters. The van der Waals surface area contributed by atoms with Crippen LogP contribution in [0.5, 0.6) is 0 Å². The molecular weight excluding hydrogens is 388 g/mol. The lowest BCUT2D eigenvalue weighted by atomic mass is 10.2. The molecule has 148 valence electrons. The fraction of sp³-hybridized carbons (Fsp3) is 0. The van der Waals surface area contributed by atoms with Crippen molar-refractivity contribution in [2.45, 2.75) is 0 Å². The number of rotatable bonds is 6. The van der Waals surface area contributed by atoms with Gasteiger partial charge in [0.15, 0.2) is 5.69 Å². The minimum atomic E-state index is 0.332. The van der Waals surface area contributed by atoms with Crippen LogP contribution in [0.3, 0.4) is 0 Å². The van der Waals surface area contributed by atoms with Gasteiger partial charge >= 0.3 is 0 Å². The molecule has 3 aromatic carbocycles. The number of benzene rings is 3. The zero-order valence-electron chi connectivity index (χ0n) is 16.2. The largest absolute Gasteiger partial charge is 0.324 e. The van der Waals surface area contributed by atoms with E-state index in [9.17, 15) is 0 Å². The van der Waals surface area contributed by atoms with Crippen molar-refractivity contribution in [3.8, 4) is 6.07 Å². The summed E-state index contributed by atoms with van der Waals surface area (Å²) < 4.78 is 0. The Balaban J connectivity index is 1.63. The number of hydrogen-bond donors (Lipinski definition) is 3. The van der Waals surface area contributed by atoms with E-state index in [0.717, 1.165) is 17.1 Å². The molecule has 0 aliphatic rings. The highest BCUT2D eigenvalue weighted by atomic mass is 15.3. The lowest BCUT2D eigenvalue weighted by Crippen LogP contribution is -2.07. The van der Waals surface area contributed by atoms with E-state index in [4.69, 9.17) is 11.8 Å². The Labute approximate surface area is 179 Å². The summed E-state index contributed by atoms with van der Waals surface area (Å²) in [6, 6.07) is 25.7. The summed E-state index contributed by atoms with van der Waals surface area (Å²) in [5, 5.41) is 18.4. The Kier molecular flexibility index (Phi) is 5.64. The van der Waals surface area contributed by atoms with Crippen molar-refractivity contribution >= 4 is 40.6 Å². The molecule has 0 spiro atoms. The van der Waals surface area contributed by atoms with Gasteiger partial charge in [-0.3, -0.25) is 0 Å². The van der Waals surface area contributed by atoms with Gasteiger partial charge in [0.1, 0.15) is 0 Å². The lowest BCUT2D eigenvalue weighted by molar-refractivity contribution is 1.06. The second kappa shape index (κ2) is 9.03. The van der Waals surface area contributed by atoms with E-state index >= 15 is 0 Å². The predicted octanol–water partition coefficient (Wildman–Crippen LogP) is 5.52. The molecule has 0 fully saturated rings. The first-order chi connectivity index (χ1) is 15.2. The van der Waals surface area contributed by atoms with Crippen LogP contribution in [0.4, 0.5) is 40.6 Å². The van der Waals surface area contributed by atoms with Gasteiger partial charge in [0.25, 0.3) is 0 Å². The Morgan fingerprint density at radius 2 is 1.10 bits per heavy atom. The Morgan fingerprint density at radius 3 is 1.55 bits per heavy atom. The predicted molar refractivity (Wildman–Crippen MR) is 120 cm³/mol. The molecule has 0 aliphatic carbocycles. The second-order valence-corrected chi connectivity index (χ2v) is 6.40.